The summed E-state index contributed by atoms with van der Waals surface area (Å²) in [5.74, 6) is 1.75. The predicted octanol–water partition coefficient (Wildman–Crippen LogP) is 8.19. The Morgan fingerprint density at radius 2 is 1.83 bits per heavy atom. The second-order valence-electron chi connectivity index (χ2n) is 9.02. The highest BCUT2D eigenvalue weighted by Gasteiger charge is 2.17. The molecule has 0 unspecified atom stereocenters. The first kappa shape index (κ1) is 27.3. The molecule has 0 saturated carbocycles. The van der Waals surface area contributed by atoms with Gasteiger partial charge in [-0.25, -0.2) is 4.98 Å². The molecule has 0 aliphatic rings. The van der Waals surface area contributed by atoms with Crippen molar-refractivity contribution in [2.45, 2.75) is 6.61 Å². The van der Waals surface area contributed by atoms with E-state index in [-0.39, 0.29) is 18.0 Å². The van der Waals surface area contributed by atoms with Crippen LogP contribution in [0.4, 0.5) is 0 Å². The third-order valence-electron chi connectivity index (χ3n) is 6.36. The van der Waals surface area contributed by atoms with Crippen molar-refractivity contribution in [3.63, 3.8) is 0 Å². The number of aromatic nitrogens is 2. The lowest BCUT2D eigenvalue weighted by Crippen LogP contribution is -2.20. The van der Waals surface area contributed by atoms with Crippen LogP contribution in [0, 0.1) is 3.57 Å². The van der Waals surface area contributed by atoms with Gasteiger partial charge in [-0.1, -0.05) is 53.5 Å². The van der Waals surface area contributed by atoms with E-state index in [1.165, 1.54) is 4.68 Å². The molecule has 6 rings (SSSR count). The van der Waals surface area contributed by atoms with Crippen molar-refractivity contribution >= 4 is 73.9 Å². The number of halogens is 3. The normalized spacial score (nSPS) is 11.5. The van der Waals surface area contributed by atoms with Gasteiger partial charge in [0.05, 0.1) is 27.8 Å². The third kappa shape index (κ3) is 5.55. The smallest absolute Gasteiger partial charge is 0.282 e. The molecule has 41 heavy (non-hydrogen) atoms. The van der Waals surface area contributed by atoms with Gasteiger partial charge in [0.15, 0.2) is 17.3 Å². The summed E-state index contributed by atoms with van der Waals surface area (Å²) in [4.78, 5) is 18.3. The summed E-state index contributed by atoms with van der Waals surface area (Å²) in [6.07, 6.45) is 1.57. The Hall–Kier alpha value is -3.86. The van der Waals surface area contributed by atoms with Crippen molar-refractivity contribution in [3.05, 3.63) is 120 Å². The molecule has 0 aliphatic carbocycles. The molecule has 0 fully saturated rings. The van der Waals surface area contributed by atoms with Gasteiger partial charge in [-0.3, -0.25) is 4.79 Å². The summed E-state index contributed by atoms with van der Waals surface area (Å²) in [7, 11) is 1.57. The summed E-state index contributed by atoms with van der Waals surface area (Å²) < 4.78 is 19.8. The first-order valence-electron chi connectivity index (χ1n) is 12.4. The van der Waals surface area contributed by atoms with Gasteiger partial charge in [0.2, 0.25) is 5.82 Å². The molecule has 4 aromatic carbocycles. The van der Waals surface area contributed by atoms with Crippen molar-refractivity contribution in [1.29, 1.82) is 0 Å². The number of hydrogen-bond donors (Lipinski definition) is 0. The van der Waals surface area contributed by atoms with Crippen LogP contribution in [0.5, 0.6) is 11.5 Å². The lowest BCUT2D eigenvalue weighted by atomic mass is 10.2. The van der Waals surface area contributed by atoms with Crippen LogP contribution in [-0.2, 0) is 6.61 Å². The highest BCUT2D eigenvalue weighted by atomic mass is 127. The monoisotopic (exact) mass is 695 g/mol. The van der Waals surface area contributed by atoms with Crippen molar-refractivity contribution < 1.29 is 13.9 Å². The fourth-order valence-electron chi connectivity index (χ4n) is 4.36. The van der Waals surface area contributed by atoms with Gasteiger partial charge in [0, 0.05) is 21.0 Å². The van der Waals surface area contributed by atoms with E-state index in [2.05, 4.69) is 27.7 Å². The van der Waals surface area contributed by atoms with Gasteiger partial charge in [0.1, 0.15) is 12.2 Å². The average Bonchev–Trinajstić information content (AvgIpc) is 3.39. The molecule has 0 bridgehead atoms. The van der Waals surface area contributed by atoms with Crippen LogP contribution in [0.25, 0.3) is 33.5 Å². The molecule has 10 heteroatoms. The maximum atomic E-state index is 13.6. The summed E-state index contributed by atoms with van der Waals surface area (Å²) >= 11 is 14.6. The summed E-state index contributed by atoms with van der Waals surface area (Å²) in [5, 5.41) is 6.98. The van der Waals surface area contributed by atoms with Crippen LogP contribution in [0.1, 0.15) is 11.1 Å². The highest BCUT2D eigenvalue weighted by Crippen LogP contribution is 2.35. The van der Waals surface area contributed by atoms with Gasteiger partial charge in [-0.05, 0) is 82.8 Å². The number of fused-ring (bicyclic) bond motifs is 2. The summed E-state index contributed by atoms with van der Waals surface area (Å²) in [6, 6.07) is 25.4. The Labute approximate surface area is 258 Å². The van der Waals surface area contributed by atoms with Crippen LogP contribution in [0.2, 0.25) is 10.0 Å². The van der Waals surface area contributed by atoms with Gasteiger partial charge in [-0.2, -0.15) is 9.78 Å². The van der Waals surface area contributed by atoms with E-state index in [1.54, 1.807) is 61.9 Å². The Balaban J connectivity index is 1.40. The van der Waals surface area contributed by atoms with Gasteiger partial charge in [-0.15, -0.1) is 0 Å². The van der Waals surface area contributed by atoms with E-state index in [0.717, 1.165) is 14.5 Å². The number of rotatable bonds is 7. The quantitative estimate of drug-likeness (QED) is 0.124. The first-order valence-corrected chi connectivity index (χ1v) is 14.2. The molecule has 0 saturated heterocycles. The van der Waals surface area contributed by atoms with Crippen LogP contribution in [-0.4, -0.2) is 23.0 Å². The molecule has 0 aliphatic heterocycles. The molecule has 0 N–H and O–H groups in total. The molecule has 0 amide bonds. The standard InChI is InChI=1S/C31H20Cl2IN3O4/c1-39-27-13-18(12-24(34)29(27)40-17-19-6-2-4-8-23(19)33)16-35-37-30(36-25-9-5-3-7-22(25)31(37)38)28-15-20-14-21(32)10-11-26(20)41-28/h2-16H,17H2,1H3. The van der Waals surface area contributed by atoms with E-state index in [9.17, 15) is 4.79 Å². The molecule has 0 atom stereocenters. The van der Waals surface area contributed by atoms with Crippen LogP contribution < -0.4 is 15.0 Å². The minimum Gasteiger partial charge on any atom is -0.493 e. The van der Waals surface area contributed by atoms with Gasteiger partial charge in [0.25, 0.3) is 5.56 Å². The number of hydrogen-bond acceptors (Lipinski definition) is 6. The van der Waals surface area contributed by atoms with Crippen molar-refractivity contribution in [3.8, 4) is 23.1 Å². The van der Waals surface area contributed by atoms with E-state index >= 15 is 0 Å². The average molecular weight is 696 g/mol. The minimum atomic E-state index is -0.332. The van der Waals surface area contributed by atoms with Crippen molar-refractivity contribution in [1.82, 2.24) is 9.66 Å². The third-order valence-corrected chi connectivity index (χ3v) is 7.76. The first-order chi connectivity index (χ1) is 19.9. The number of methoxy groups -OCH3 is 1. The number of furan rings is 1. The predicted molar refractivity (Wildman–Crippen MR) is 171 cm³/mol. The number of ether oxygens (including phenoxy) is 2. The second kappa shape index (κ2) is 11.6. The highest BCUT2D eigenvalue weighted by molar-refractivity contribution is 14.1. The molecule has 204 valence electrons. The molecule has 0 spiro atoms. The zero-order valence-electron chi connectivity index (χ0n) is 21.5. The fraction of sp³-hybridized carbons (Fsp3) is 0.0645. The Morgan fingerprint density at radius 1 is 1.02 bits per heavy atom. The lowest BCUT2D eigenvalue weighted by molar-refractivity contribution is 0.282. The Kier molecular flexibility index (Phi) is 7.70. The van der Waals surface area contributed by atoms with E-state index < -0.39 is 0 Å². The molecular formula is C31H20Cl2IN3O4. The molecule has 2 aromatic heterocycles. The van der Waals surface area contributed by atoms with Crippen LogP contribution in [0.15, 0.2) is 99.2 Å². The molecule has 2 heterocycles. The second-order valence-corrected chi connectivity index (χ2v) is 11.0. The lowest BCUT2D eigenvalue weighted by Gasteiger charge is -2.14. The Morgan fingerprint density at radius 3 is 2.66 bits per heavy atom. The summed E-state index contributed by atoms with van der Waals surface area (Å²) in [5.41, 5.74) is 2.38. The zero-order valence-corrected chi connectivity index (χ0v) is 25.1. The number of benzene rings is 4. The minimum absolute atomic E-state index is 0.263. The topological polar surface area (TPSA) is 78.9 Å². The van der Waals surface area contributed by atoms with E-state index in [4.69, 9.17) is 42.1 Å². The van der Waals surface area contributed by atoms with Crippen molar-refractivity contribution in [2.24, 2.45) is 5.10 Å². The van der Waals surface area contributed by atoms with Crippen molar-refractivity contribution in [2.75, 3.05) is 7.11 Å². The number of nitrogens with zero attached hydrogens (tertiary/aromatic N) is 3. The SMILES string of the molecule is COc1cc(C=Nn2c(-c3cc4cc(Cl)ccc4o3)nc3ccccc3c2=O)cc(I)c1OCc1ccccc1Cl. The molecule has 6 aromatic rings. The largest absolute Gasteiger partial charge is 0.493 e. The molecule has 0 radical (unpaired) electrons. The van der Waals surface area contributed by atoms with E-state index in [1.807, 2.05) is 36.4 Å². The maximum Gasteiger partial charge on any atom is 0.282 e. The van der Waals surface area contributed by atoms with E-state index in [0.29, 0.717) is 49.4 Å². The maximum absolute atomic E-state index is 13.6. The summed E-state index contributed by atoms with van der Waals surface area (Å²) in [6.45, 7) is 0.281. The molecular weight excluding hydrogens is 676 g/mol. The fourth-order valence-corrected chi connectivity index (χ4v) is 5.51. The number of para-hydroxylation sites is 1. The zero-order chi connectivity index (χ0) is 28.5. The van der Waals surface area contributed by atoms with Crippen LogP contribution in [0.3, 0.4) is 0 Å². The van der Waals surface area contributed by atoms with Gasteiger partial charge >= 0.3 is 0 Å². The van der Waals surface area contributed by atoms with Gasteiger partial charge < -0.3 is 13.9 Å². The molecule has 7 nitrogen and oxygen atoms in total. The van der Waals surface area contributed by atoms with Crippen LogP contribution >= 0.6 is 45.8 Å². The Bertz CT molecular complexity index is 2020.